The molecular weight excluding hydrogens is 344 g/mol. The van der Waals surface area contributed by atoms with Gasteiger partial charge in [-0.2, -0.15) is 0 Å². The lowest BCUT2D eigenvalue weighted by atomic mass is 9.66. The predicted octanol–water partition coefficient (Wildman–Crippen LogP) is 4.74. The molecule has 4 rings (SSSR count). The van der Waals surface area contributed by atoms with Crippen LogP contribution >= 0.6 is 0 Å². The Labute approximate surface area is 169 Å². The highest BCUT2D eigenvalue weighted by Crippen LogP contribution is 2.47. The van der Waals surface area contributed by atoms with Crippen molar-refractivity contribution in [3.8, 4) is 0 Å². The van der Waals surface area contributed by atoms with Gasteiger partial charge in [-0.1, -0.05) is 32.1 Å². The van der Waals surface area contributed by atoms with Crippen molar-refractivity contribution in [3.63, 3.8) is 0 Å². The first-order chi connectivity index (χ1) is 13.4. The Kier molecular flexibility index (Phi) is 5.05. The Balaban J connectivity index is 1.73. The minimum absolute atomic E-state index is 0.0145. The number of unbranched alkanes of at least 4 members (excludes halogenated alkanes) is 1. The molecule has 1 saturated heterocycles. The fourth-order valence-electron chi connectivity index (χ4n) is 5.03. The molecule has 0 aromatic heterocycles. The van der Waals surface area contributed by atoms with E-state index < -0.39 is 0 Å². The monoisotopic (exact) mass is 376 g/mol. The molecule has 2 aliphatic carbocycles. The SMILES string of the molecule is CN(C)c1ccc2c(c1)C(C)(C)C1=CC3C(=CC1=C2)CCCN3CCCC=O. The topological polar surface area (TPSA) is 23.6 Å². The minimum atomic E-state index is -0.0145. The highest BCUT2D eigenvalue weighted by molar-refractivity contribution is 5.76. The fraction of sp³-hybridized carbons (Fsp3) is 0.480. The summed E-state index contributed by atoms with van der Waals surface area (Å²) in [6.07, 6.45) is 12.4. The number of hydrogen-bond acceptors (Lipinski definition) is 3. The van der Waals surface area contributed by atoms with E-state index in [0.29, 0.717) is 12.5 Å². The zero-order chi connectivity index (χ0) is 19.9. The molecule has 3 aliphatic rings. The Morgan fingerprint density at radius 3 is 2.82 bits per heavy atom. The largest absolute Gasteiger partial charge is 0.378 e. The van der Waals surface area contributed by atoms with Crippen LogP contribution in [0.3, 0.4) is 0 Å². The van der Waals surface area contributed by atoms with Gasteiger partial charge in [0.2, 0.25) is 0 Å². The Hall–Kier alpha value is -2.13. The van der Waals surface area contributed by atoms with Gasteiger partial charge in [-0.15, -0.1) is 0 Å². The van der Waals surface area contributed by atoms with Crippen LogP contribution in [-0.2, 0) is 10.2 Å². The van der Waals surface area contributed by atoms with E-state index in [-0.39, 0.29) is 5.41 Å². The molecule has 1 aromatic rings. The summed E-state index contributed by atoms with van der Waals surface area (Å²) in [5.74, 6) is 0. The van der Waals surface area contributed by atoms with Crippen LogP contribution in [0.1, 0.15) is 50.7 Å². The fourth-order valence-corrected chi connectivity index (χ4v) is 5.03. The molecular formula is C25H32N2O. The molecule has 3 heteroatoms. The molecule has 0 radical (unpaired) electrons. The molecule has 1 fully saturated rings. The molecule has 0 amide bonds. The second kappa shape index (κ2) is 7.36. The van der Waals surface area contributed by atoms with Crippen LogP contribution in [0.5, 0.6) is 0 Å². The zero-order valence-electron chi connectivity index (χ0n) is 17.7. The zero-order valence-corrected chi connectivity index (χ0v) is 17.7. The quantitative estimate of drug-likeness (QED) is 0.548. The number of likely N-dealkylation sites (tertiary alicyclic amines) is 1. The van der Waals surface area contributed by atoms with Gasteiger partial charge in [0, 0.05) is 31.6 Å². The third-order valence-electron chi connectivity index (χ3n) is 6.64. The number of benzene rings is 1. The first kappa shape index (κ1) is 19.2. The summed E-state index contributed by atoms with van der Waals surface area (Å²) in [7, 11) is 4.21. The van der Waals surface area contributed by atoms with E-state index in [1.54, 1.807) is 0 Å². The van der Waals surface area contributed by atoms with Gasteiger partial charge in [-0.3, -0.25) is 4.90 Å². The summed E-state index contributed by atoms with van der Waals surface area (Å²) in [4.78, 5) is 15.5. The molecule has 1 aliphatic heterocycles. The summed E-state index contributed by atoms with van der Waals surface area (Å²) in [6, 6.07) is 7.23. The second-order valence-corrected chi connectivity index (χ2v) is 9.08. The van der Waals surface area contributed by atoms with Crippen molar-refractivity contribution in [2.24, 2.45) is 0 Å². The van der Waals surface area contributed by atoms with Crippen molar-refractivity contribution < 1.29 is 4.79 Å². The number of anilines is 1. The number of hydrogen-bond donors (Lipinski definition) is 0. The first-order valence-electron chi connectivity index (χ1n) is 10.6. The normalized spacial score (nSPS) is 22.9. The Bertz CT molecular complexity index is 873. The standard InChI is InChI=1S/C25H32N2O/c1-25(2)22-16-21(26(3)4)10-9-18(22)14-20-15-19-8-7-12-27(11-5-6-13-28)24(19)17-23(20)25/h9-10,13-17,24H,5-8,11-12H2,1-4H3. The summed E-state index contributed by atoms with van der Waals surface area (Å²) in [5.41, 5.74) is 8.37. The van der Waals surface area contributed by atoms with Crippen LogP contribution in [0.2, 0.25) is 0 Å². The van der Waals surface area contributed by atoms with Crippen molar-refractivity contribution in [1.82, 2.24) is 4.90 Å². The summed E-state index contributed by atoms with van der Waals surface area (Å²) >= 11 is 0. The average Bonchev–Trinajstić information content (AvgIpc) is 2.67. The smallest absolute Gasteiger partial charge is 0.120 e. The van der Waals surface area contributed by atoms with E-state index in [9.17, 15) is 4.79 Å². The molecule has 0 spiro atoms. The van der Waals surface area contributed by atoms with Gasteiger partial charge in [0.25, 0.3) is 0 Å². The maximum atomic E-state index is 10.7. The minimum Gasteiger partial charge on any atom is -0.378 e. The molecule has 0 saturated carbocycles. The molecule has 1 atom stereocenters. The Morgan fingerprint density at radius 2 is 2.07 bits per heavy atom. The van der Waals surface area contributed by atoms with Gasteiger partial charge < -0.3 is 9.69 Å². The molecule has 28 heavy (non-hydrogen) atoms. The van der Waals surface area contributed by atoms with Gasteiger partial charge in [0.1, 0.15) is 6.29 Å². The van der Waals surface area contributed by atoms with E-state index in [1.807, 2.05) is 0 Å². The lowest BCUT2D eigenvalue weighted by Crippen LogP contribution is -2.43. The highest BCUT2D eigenvalue weighted by atomic mass is 16.1. The molecule has 1 aromatic carbocycles. The molecule has 1 heterocycles. The number of carbonyl (C=O) groups is 1. The number of piperidine rings is 1. The van der Waals surface area contributed by atoms with Crippen LogP contribution in [0.25, 0.3) is 6.08 Å². The van der Waals surface area contributed by atoms with Crippen molar-refractivity contribution >= 4 is 18.0 Å². The summed E-state index contributed by atoms with van der Waals surface area (Å²) in [5, 5.41) is 0. The average molecular weight is 377 g/mol. The highest BCUT2D eigenvalue weighted by Gasteiger charge is 2.38. The van der Waals surface area contributed by atoms with Crippen molar-refractivity contribution in [2.45, 2.75) is 51.0 Å². The lowest BCUT2D eigenvalue weighted by Gasteiger charge is -2.43. The number of aldehydes is 1. The third kappa shape index (κ3) is 3.26. The van der Waals surface area contributed by atoms with Gasteiger partial charge in [-0.05, 0) is 78.4 Å². The van der Waals surface area contributed by atoms with E-state index in [1.165, 1.54) is 46.4 Å². The maximum absolute atomic E-state index is 10.7. The van der Waals surface area contributed by atoms with Gasteiger partial charge >= 0.3 is 0 Å². The molecule has 3 nitrogen and oxygen atoms in total. The molecule has 1 unspecified atom stereocenters. The van der Waals surface area contributed by atoms with Crippen molar-refractivity contribution in [2.75, 3.05) is 32.1 Å². The van der Waals surface area contributed by atoms with Crippen LogP contribution in [0, 0.1) is 0 Å². The maximum Gasteiger partial charge on any atom is 0.120 e. The molecule has 0 bridgehead atoms. The number of nitrogens with zero attached hydrogens (tertiary/aromatic N) is 2. The van der Waals surface area contributed by atoms with Crippen molar-refractivity contribution in [3.05, 3.63) is 58.2 Å². The summed E-state index contributed by atoms with van der Waals surface area (Å²) < 4.78 is 0. The van der Waals surface area contributed by atoms with Crippen LogP contribution < -0.4 is 4.90 Å². The van der Waals surface area contributed by atoms with Gasteiger partial charge in [0.15, 0.2) is 0 Å². The second-order valence-electron chi connectivity index (χ2n) is 9.08. The third-order valence-corrected chi connectivity index (χ3v) is 6.64. The van der Waals surface area contributed by atoms with Crippen LogP contribution in [0.15, 0.2) is 47.1 Å². The van der Waals surface area contributed by atoms with Gasteiger partial charge in [-0.25, -0.2) is 0 Å². The number of carbonyl (C=O) groups excluding carboxylic acids is 1. The number of allylic oxidation sites excluding steroid dienone is 3. The van der Waals surface area contributed by atoms with Crippen LogP contribution in [-0.4, -0.2) is 44.4 Å². The van der Waals surface area contributed by atoms with Gasteiger partial charge in [0.05, 0.1) is 6.04 Å². The van der Waals surface area contributed by atoms with Crippen molar-refractivity contribution in [1.29, 1.82) is 0 Å². The molecule has 148 valence electrons. The van der Waals surface area contributed by atoms with E-state index in [4.69, 9.17) is 0 Å². The number of fused-ring (bicyclic) bond motifs is 3. The van der Waals surface area contributed by atoms with Crippen LogP contribution in [0.4, 0.5) is 5.69 Å². The summed E-state index contributed by atoms with van der Waals surface area (Å²) in [6.45, 7) is 6.86. The first-order valence-corrected chi connectivity index (χ1v) is 10.6. The lowest BCUT2D eigenvalue weighted by molar-refractivity contribution is -0.108. The van der Waals surface area contributed by atoms with E-state index >= 15 is 0 Å². The van der Waals surface area contributed by atoms with E-state index in [2.05, 4.69) is 74.2 Å². The molecule has 0 N–H and O–H groups in total. The predicted molar refractivity (Wildman–Crippen MR) is 118 cm³/mol. The number of rotatable bonds is 5. The van der Waals surface area contributed by atoms with E-state index in [0.717, 1.165) is 25.8 Å². The Morgan fingerprint density at radius 1 is 1.25 bits per heavy atom.